The summed E-state index contributed by atoms with van der Waals surface area (Å²) in [6.45, 7) is 5.40. The molecule has 2 N–H and O–H groups in total. The van der Waals surface area contributed by atoms with Gasteiger partial charge in [0.15, 0.2) is 0 Å². The molecule has 1 heterocycles. The van der Waals surface area contributed by atoms with Gasteiger partial charge in [-0.1, -0.05) is 23.4 Å². The van der Waals surface area contributed by atoms with Crippen molar-refractivity contribution >= 4 is 16.9 Å². The van der Waals surface area contributed by atoms with Crippen LogP contribution >= 0.6 is 11.8 Å². The monoisotopic (exact) mass is 228 g/mol. The summed E-state index contributed by atoms with van der Waals surface area (Å²) in [6, 6.07) is 0. The molecule has 0 fully saturated rings. The van der Waals surface area contributed by atoms with E-state index in [1.165, 1.54) is 0 Å². The molecular weight excluding hydrogens is 212 g/mol. The highest BCUT2D eigenvalue weighted by Gasteiger charge is 2.40. The fourth-order valence-corrected chi connectivity index (χ4v) is 2.75. The van der Waals surface area contributed by atoms with Gasteiger partial charge in [0.25, 0.3) is 0 Å². The molecule has 15 heavy (non-hydrogen) atoms. The molecule has 0 radical (unpaired) electrons. The summed E-state index contributed by atoms with van der Waals surface area (Å²) in [5, 5.41) is 18.5. The Morgan fingerprint density at radius 3 is 2.60 bits per heavy atom. The molecule has 0 spiro atoms. The molecule has 0 aromatic carbocycles. The molecule has 0 aromatic heterocycles. The van der Waals surface area contributed by atoms with Crippen molar-refractivity contribution in [2.75, 3.05) is 6.61 Å². The Morgan fingerprint density at radius 1 is 1.60 bits per heavy atom. The van der Waals surface area contributed by atoms with Crippen molar-refractivity contribution in [3.05, 3.63) is 23.0 Å². The van der Waals surface area contributed by atoms with Crippen LogP contribution in [-0.4, -0.2) is 26.7 Å². The Kier molecular flexibility index (Phi) is 3.62. The highest BCUT2D eigenvalue weighted by molar-refractivity contribution is 8.16. The van der Waals surface area contributed by atoms with Crippen LogP contribution in [0.5, 0.6) is 0 Å². The highest BCUT2D eigenvalue weighted by Crippen LogP contribution is 2.43. The third kappa shape index (κ3) is 2.44. The van der Waals surface area contributed by atoms with E-state index in [0.29, 0.717) is 12.0 Å². The first kappa shape index (κ1) is 12.3. The predicted molar refractivity (Wildman–Crippen MR) is 61.8 cm³/mol. The SMILES string of the molecule is CC1=C(O)[C@@](C)(/C=C(\C)CCO)SC1=O. The van der Waals surface area contributed by atoms with Crippen molar-refractivity contribution in [2.45, 2.75) is 31.9 Å². The maximum atomic E-state index is 11.4. The Hall–Kier alpha value is -0.740. The zero-order valence-electron chi connectivity index (χ0n) is 9.20. The first-order chi connectivity index (χ1) is 6.90. The molecule has 4 heteroatoms. The lowest BCUT2D eigenvalue weighted by molar-refractivity contribution is -0.107. The summed E-state index contributed by atoms with van der Waals surface area (Å²) in [5.41, 5.74) is 1.40. The normalized spacial score (nSPS) is 27.7. The average Bonchev–Trinajstić information content (AvgIpc) is 2.31. The smallest absolute Gasteiger partial charge is 0.219 e. The van der Waals surface area contributed by atoms with Crippen LogP contribution in [0.1, 0.15) is 27.2 Å². The van der Waals surface area contributed by atoms with Gasteiger partial charge in [0, 0.05) is 12.2 Å². The molecule has 0 unspecified atom stereocenters. The Bertz CT molecular complexity index is 344. The molecule has 0 bridgehead atoms. The maximum absolute atomic E-state index is 11.4. The predicted octanol–water partition coefficient (Wildman–Crippen LogP) is 2.18. The Balaban J connectivity index is 2.96. The van der Waals surface area contributed by atoms with Crippen LogP contribution < -0.4 is 0 Å². The average molecular weight is 228 g/mol. The third-order valence-electron chi connectivity index (χ3n) is 2.46. The van der Waals surface area contributed by atoms with Crippen LogP contribution in [0.25, 0.3) is 0 Å². The quantitative estimate of drug-likeness (QED) is 0.727. The Morgan fingerprint density at radius 2 is 2.20 bits per heavy atom. The van der Waals surface area contributed by atoms with E-state index in [1.54, 1.807) is 6.92 Å². The van der Waals surface area contributed by atoms with Gasteiger partial charge < -0.3 is 10.2 Å². The second kappa shape index (κ2) is 4.41. The summed E-state index contributed by atoms with van der Waals surface area (Å²) in [5.74, 6) is 0.134. The molecule has 84 valence electrons. The second-order valence-electron chi connectivity index (χ2n) is 3.93. The van der Waals surface area contributed by atoms with Crippen molar-refractivity contribution in [3.8, 4) is 0 Å². The first-order valence-electron chi connectivity index (χ1n) is 4.83. The highest BCUT2D eigenvalue weighted by atomic mass is 32.2. The minimum absolute atomic E-state index is 0.0805. The van der Waals surface area contributed by atoms with Crippen LogP contribution in [0.4, 0.5) is 0 Å². The molecule has 1 atom stereocenters. The fourth-order valence-electron chi connectivity index (χ4n) is 1.60. The van der Waals surface area contributed by atoms with Crippen molar-refractivity contribution in [2.24, 2.45) is 0 Å². The summed E-state index contributed by atoms with van der Waals surface area (Å²) in [6.07, 6.45) is 2.41. The lowest BCUT2D eigenvalue weighted by atomic mass is 10.0. The molecule has 0 aliphatic carbocycles. The molecule has 0 aromatic rings. The summed E-state index contributed by atoms with van der Waals surface area (Å²) in [4.78, 5) is 11.4. The standard InChI is InChI=1S/C11H16O3S/c1-7(4-5-12)6-11(3)9(13)8(2)10(14)15-11/h6,12-13H,4-5H2,1-3H3/b7-6+/t11-/m1/s1. The minimum atomic E-state index is -0.652. The lowest BCUT2D eigenvalue weighted by Gasteiger charge is -2.19. The van der Waals surface area contributed by atoms with Crippen LogP contribution in [0.2, 0.25) is 0 Å². The number of aliphatic hydroxyl groups excluding tert-OH is 2. The molecule has 1 aliphatic heterocycles. The summed E-state index contributed by atoms with van der Waals surface area (Å²) >= 11 is 1.12. The van der Waals surface area contributed by atoms with E-state index in [4.69, 9.17) is 5.11 Å². The van der Waals surface area contributed by atoms with E-state index in [-0.39, 0.29) is 17.5 Å². The number of aliphatic hydroxyl groups is 2. The number of hydrogen-bond donors (Lipinski definition) is 2. The van der Waals surface area contributed by atoms with Gasteiger partial charge in [-0.05, 0) is 27.2 Å². The molecular formula is C11H16O3S. The number of carbonyl (C=O) groups excluding carboxylic acids is 1. The number of rotatable bonds is 3. The fraction of sp³-hybridized carbons (Fsp3) is 0.545. The first-order valence-corrected chi connectivity index (χ1v) is 5.65. The van der Waals surface area contributed by atoms with Crippen LogP contribution in [0.3, 0.4) is 0 Å². The summed E-state index contributed by atoms with van der Waals surface area (Å²) < 4.78 is -0.652. The van der Waals surface area contributed by atoms with Gasteiger partial charge in [0.05, 0.1) is 4.75 Å². The van der Waals surface area contributed by atoms with Crippen LogP contribution in [0, 0.1) is 0 Å². The third-order valence-corrected chi connectivity index (χ3v) is 3.69. The van der Waals surface area contributed by atoms with E-state index >= 15 is 0 Å². The molecule has 1 aliphatic rings. The van der Waals surface area contributed by atoms with Gasteiger partial charge in [-0.25, -0.2) is 0 Å². The van der Waals surface area contributed by atoms with Crippen LogP contribution in [-0.2, 0) is 4.79 Å². The van der Waals surface area contributed by atoms with E-state index in [0.717, 1.165) is 17.3 Å². The number of hydrogen-bond acceptors (Lipinski definition) is 4. The molecule has 0 saturated heterocycles. The van der Waals surface area contributed by atoms with Gasteiger partial charge in [-0.2, -0.15) is 0 Å². The molecule has 3 nitrogen and oxygen atoms in total. The summed E-state index contributed by atoms with van der Waals surface area (Å²) in [7, 11) is 0. The van der Waals surface area contributed by atoms with Crippen molar-refractivity contribution in [1.82, 2.24) is 0 Å². The molecule has 0 amide bonds. The topological polar surface area (TPSA) is 57.5 Å². The zero-order valence-corrected chi connectivity index (χ0v) is 10.0. The van der Waals surface area contributed by atoms with E-state index < -0.39 is 4.75 Å². The maximum Gasteiger partial charge on any atom is 0.219 e. The van der Waals surface area contributed by atoms with E-state index in [1.807, 2.05) is 19.9 Å². The molecule has 1 rings (SSSR count). The van der Waals surface area contributed by atoms with Gasteiger partial charge in [0.1, 0.15) is 5.76 Å². The van der Waals surface area contributed by atoms with Crippen molar-refractivity contribution in [1.29, 1.82) is 0 Å². The number of thioether (sulfide) groups is 1. The van der Waals surface area contributed by atoms with Gasteiger partial charge in [-0.3, -0.25) is 4.79 Å². The van der Waals surface area contributed by atoms with Crippen LogP contribution in [0.15, 0.2) is 23.0 Å². The van der Waals surface area contributed by atoms with E-state index in [2.05, 4.69) is 0 Å². The minimum Gasteiger partial charge on any atom is -0.510 e. The lowest BCUT2D eigenvalue weighted by Crippen LogP contribution is -2.17. The van der Waals surface area contributed by atoms with E-state index in [9.17, 15) is 9.90 Å². The number of carbonyl (C=O) groups is 1. The largest absolute Gasteiger partial charge is 0.510 e. The van der Waals surface area contributed by atoms with Gasteiger partial charge in [0.2, 0.25) is 5.12 Å². The second-order valence-corrected chi connectivity index (χ2v) is 5.36. The van der Waals surface area contributed by atoms with Crippen molar-refractivity contribution < 1.29 is 15.0 Å². The zero-order chi connectivity index (χ0) is 11.6. The Labute approximate surface area is 93.9 Å². The molecule has 0 saturated carbocycles. The van der Waals surface area contributed by atoms with Gasteiger partial charge >= 0.3 is 0 Å². The van der Waals surface area contributed by atoms with Gasteiger partial charge in [-0.15, -0.1) is 0 Å². The van der Waals surface area contributed by atoms with Crippen molar-refractivity contribution in [3.63, 3.8) is 0 Å².